The lowest BCUT2D eigenvalue weighted by molar-refractivity contribution is -0.125. The molecule has 1 aliphatic heterocycles. The average molecular weight is 489 g/mol. The van der Waals surface area contributed by atoms with Gasteiger partial charge >= 0.3 is 0 Å². The quantitative estimate of drug-likeness (QED) is 0.558. The van der Waals surface area contributed by atoms with E-state index in [4.69, 9.17) is 10.5 Å². The van der Waals surface area contributed by atoms with Crippen molar-refractivity contribution in [2.24, 2.45) is 11.7 Å². The molecule has 1 aliphatic carbocycles. The number of carbonyl (C=O) groups is 2. The number of ether oxygens (including phenoxy) is 1. The largest absolute Gasteiger partial charge is 0.457 e. The third kappa shape index (κ3) is 6.06. The smallest absolute Gasteiger partial charge is 0.249 e. The van der Waals surface area contributed by atoms with E-state index in [1.807, 2.05) is 37.4 Å². The van der Waals surface area contributed by atoms with E-state index >= 15 is 0 Å². The van der Waals surface area contributed by atoms with Gasteiger partial charge in [0, 0.05) is 24.2 Å². The second kappa shape index (κ2) is 11.6. The Bertz CT molecular complexity index is 1100. The Hall–Kier alpha value is -3.37. The molecule has 2 aromatic carbocycles. The second-order valence-corrected chi connectivity index (χ2v) is 10.3. The Kier molecular flexibility index (Phi) is 8.27. The van der Waals surface area contributed by atoms with Crippen molar-refractivity contribution in [1.82, 2.24) is 10.2 Å². The molecule has 1 atom stereocenters. The van der Waals surface area contributed by atoms with Gasteiger partial charge in [-0.2, -0.15) is 5.26 Å². The molecule has 190 valence electrons. The number of rotatable bonds is 8. The molecule has 2 fully saturated rings. The van der Waals surface area contributed by atoms with E-state index in [0.717, 1.165) is 38.8 Å². The summed E-state index contributed by atoms with van der Waals surface area (Å²) in [5.74, 6) is -0.0719. The molecule has 0 bridgehead atoms. The summed E-state index contributed by atoms with van der Waals surface area (Å²) in [7, 11) is 2.02. The van der Waals surface area contributed by atoms with Crippen molar-refractivity contribution in [3.8, 4) is 17.6 Å². The van der Waals surface area contributed by atoms with Gasteiger partial charge < -0.3 is 20.7 Å². The van der Waals surface area contributed by atoms with Crippen LogP contribution in [-0.2, 0) is 4.79 Å². The molecule has 1 saturated heterocycles. The van der Waals surface area contributed by atoms with Crippen LogP contribution in [0.25, 0.3) is 0 Å². The van der Waals surface area contributed by atoms with Crippen LogP contribution in [0.5, 0.6) is 11.5 Å². The molecule has 1 unspecified atom stereocenters. The number of amides is 2. The minimum atomic E-state index is -0.920. The average Bonchev–Trinajstić information content (AvgIpc) is 2.90. The van der Waals surface area contributed by atoms with Crippen LogP contribution in [-0.4, -0.2) is 42.4 Å². The van der Waals surface area contributed by atoms with Crippen LogP contribution in [0.3, 0.4) is 0 Å². The highest BCUT2D eigenvalue weighted by atomic mass is 16.5. The lowest BCUT2D eigenvalue weighted by Crippen LogP contribution is -2.55. The van der Waals surface area contributed by atoms with Gasteiger partial charge in [0.1, 0.15) is 17.0 Å². The fraction of sp³-hybridized carbons (Fsp3) is 0.483. The number of hydrogen-bond donors (Lipinski definition) is 2. The Balaban J connectivity index is 1.73. The number of nitrogens with one attached hydrogen (secondary N) is 1. The van der Waals surface area contributed by atoms with Gasteiger partial charge in [0.25, 0.3) is 0 Å². The lowest BCUT2D eigenvalue weighted by atomic mass is 9.78. The van der Waals surface area contributed by atoms with Crippen molar-refractivity contribution in [1.29, 1.82) is 5.26 Å². The van der Waals surface area contributed by atoms with E-state index in [2.05, 4.69) is 16.3 Å². The first kappa shape index (κ1) is 25.7. The van der Waals surface area contributed by atoms with Crippen LogP contribution in [0.15, 0.2) is 48.5 Å². The van der Waals surface area contributed by atoms with Gasteiger partial charge in [-0.25, -0.2) is 0 Å². The Labute approximate surface area is 213 Å². The summed E-state index contributed by atoms with van der Waals surface area (Å²) in [6, 6.07) is 16.9. The molecule has 7 heteroatoms. The van der Waals surface area contributed by atoms with Gasteiger partial charge in [-0.1, -0.05) is 56.4 Å². The fourth-order valence-corrected chi connectivity index (χ4v) is 5.52. The third-order valence-corrected chi connectivity index (χ3v) is 7.68. The van der Waals surface area contributed by atoms with Gasteiger partial charge in [0.15, 0.2) is 0 Å². The van der Waals surface area contributed by atoms with Crippen LogP contribution >= 0.6 is 0 Å². The molecule has 2 aromatic rings. The van der Waals surface area contributed by atoms with Crippen LogP contribution in [0.1, 0.15) is 73.2 Å². The summed E-state index contributed by atoms with van der Waals surface area (Å²) in [5.41, 5.74) is 5.69. The molecule has 1 saturated carbocycles. The van der Waals surface area contributed by atoms with E-state index in [9.17, 15) is 14.9 Å². The van der Waals surface area contributed by atoms with E-state index in [0.29, 0.717) is 42.2 Å². The second-order valence-electron chi connectivity index (χ2n) is 10.3. The maximum absolute atomic E-state index is 14.0. The van der Waals surface area contributed by atoms with Crippen molar-refractivity contribution in [2.45, 2.75) is 62.8 Å². The molecular formula is C29H36N4O3. The van der Waals surface area contributed by atoms with E-state index in [-0.39, 0.29) is 11.5 Å². The number of benzene rings is 2. The highest BCUT2D eigenvalue weighted by Crippen LogP contribution is 2.40. The molecule has 0 radical (unpaired) electrons. The zero-order valence-electron chi connectivity index (χ0n) is 21.0. The summed E-state index contributed by atoms with van der Waals surface area (Å²) in [4.78, 5) is 28.8. The zero-order valence-corrected chi connectivity index (χ0v) is 21.0. The van der Waals surface area contributed by atoms with Crippen LogP contribution < -0.4 is 15.8 Å². The van der Waals surface area contributed by atoms with Crippen molar-refractivity contribution in [3.05, 3.63) is 59.7 Å². The maximum atomic E-state index is 14.0. The molecule has 3 N–H and O–H groups in total. The predicted molar refractivity (Wildman–Crippen MR) is 139 cm³/mol. The van der Waals surface area contributed by atoms with Gasteiger partial charge in [0.2, 0.25) is 11.8 Å². The molecule has 2 aliphatic rings. The number of nitrogens with zero attached hydrogens (tertiary/aromatic N) is 2. The monoisotopic (exact) mass is 488 g/mol. The number of para-hydroxylation sites is 1. The Morgan fingerprint density at radius 1 is 1.11 bits per heavy atom. The number of primary amides is 1. The number of carbonyl (C=O) groups excluding carboxylic acids is 2. The van der Waals surface area contributed by atoms with Crippen LogP contribution in [0, 0.1) is 17.2 Å². The first-order valence-corrected chi connectivity index (χ1v) is 13.0. The maximum Gasteiger partial charge on any atom is 0.249 e. The molecule has 2 amide bonds. The number of piperidine rings is 1. The third-order valence-electron chi connectivity index (χ3n) is 7.68. The van der Waals surface area contributed by atoms with E-state index < -0.39 is 17.4 Å². The van der Waals surface area contributed by atoms with Gasteiger partial charge in [-0.3, -0.25) is 9.59 Å². The van der Waals surface area contributed by atoms with Gasteiger partial charge in [-0.05, 0) is 56.5 Å². The highest BCUT2D eigenvalue weighted by molar-refractivity contribution is 5.98. The van der Waals surface area contributed by atoms with Crippen molar-refractivity contribution >= 4 is 11.8 Å². The van der Waals surface area contributed by atoms with Crippen LogP contribution in [0.2, 0.25) is 0 Å². The Morgan fingerprint density at radius 2 is 1.81 bits per heavy atom. The molecule has 1 heterocycles. The van der Waals surface area contributed by atoms with Crippen molar-refractivity contribution in [2.75, 3.05) is 20.1 Å². The molecule has 4 rings (SSSR count). The minimum Gasteiger partial charge on any atom is -0.457 e. The zero-order chi connectivity index (χ0) is 25.5. The van der Waals surface area contributed by atoms with Gasteiger partial charge in [-0.15, -0.1) is 0 Å². The minimum absolute atomic E-state index is 0.238. The summed E-state index contributed by atoms with van der Waals surface area (Å²) < 4.78 is 6.22. The summed E-state index contributed by atoms with van der Waals surface area (Å²) in [6.07, 6.45) is 7.29. The normalized spacial score (nSPS) is 19.1. The van der Waals surface area contributed by atoms with Gasteiger partial charge in [0.05, 0.1) is 12.0 Å². The fourth-order valence-electron chi connectivity index (χ4n) is 5.52. The molecule has 0 spiro atoms. The first-order chi connectivity index (χ1) is 17.4. The molecule has 36 heavy (non-hydrogen) atoms. The number of likely N-dealkylation sites (tertiary alicyclic amines) is 1. The topological polar surface area (TPSA) is 108 Å². The van der Waals surface area contributed by atoms with E-state index in [1.165, 1.54) is 6.42 Å². The summed E-state index contributed by atoms with van der Waals surface area (Å²) >= 11 is 0. The standard InChI is InChI=1S/C29H36N4O3/c1-33-17-15-29(20-30,16-18-33)32-28(35)24(19-21-9-4-2-5-10-21)26-23(27(31)34)13-8-14-25(26)36-22-11-6-3-7-12-22/h3,6-8,11-14,21,24H,2,4-5,9-10,15-19H2,1H3,(H2,31,34)(H,32,35). The highest BCUT2D eigenvalue weighted by Gasteiger charge is 2.39. The predicted octanol–water partition coefficient (Wildman–Crippen LogP) is 4.74. The number of hydrogen-bond acceptors (Lipinski definition) is 5. The lowest BCUT2D eigenvalue weighted by Gasteiger charge is -2.37. The number of nitrogens with two attached hydrogens (primary N) is 1. The SMILES string of the molecule is CN1CCC(C#N)(NC(=O)C(CC2CCCCC2)c2c(Oc3ccccc3)cccc2C(N)=O)CC1. The summed E-state index contributed by atoms with van der Waals surface area (Å²) in [5, 5.41) is 13.2. The molecule has 7 nitrogen and oxygen atoms in total. The van der Waals surface area contributed by atoms with Crippen LogP contribution in [0.4, 0.5) is 0 Å². The Morgan fingerprint density at radius 3 is 2.44 bits per heavy atom. The first-order valence-electron chi connectivity index (χ1n) is 13.0. The summed E-state index contributed by atoms with van der Waals surface area (Å²) in [6.45, 7) is 1.47. The number of nitriles is 1. The molecule has 0 aromatic heterocycles. The van der Waals surface area contributed by atoms with E-state index in [1.54, 1.807) is 18.2 Å². The van der Waals surface area contributed by atoms with Crippen molar-refractivity contribution in [3.63, 3.8) is 0 Å². The molecular weight excluding hydrogens is 452 g/mol. The van der Waals surface area contributed by atoms with Crippen molar-refractivity contribution < 1.29 is 14.3 Å².